The van der Waals surface area contributed by atoms with E-state index in [9.17, 15) is 14.4 Å². The molecule has 6 nitrogen and oxygen atoms in total. The van der Waals surface area contributed by atoms with Gasteiger partial charge >= 0.3 is 5.97 Å². The van der Waals surface area contributed by atoms with E-state index in [0.717, 1.165) is 0 Å². The Labute approximate surface area is 117 Å². The molecule has 0 saturated heterocycles. The molecule has 20 heavy (non-hydrogen) atoms. The lowest BCUT2D eigenvalue weighted by atomic mass is 10.1. The Hall–Kier alpha value is -2.21. The van der Waals surface area contributed by atoms with Gasteiger partial charge in [-0.1, -0.05) is 12.1 Å². The molecule has 0 fully saturated rings. The fraction of sp³-hybridized carbons (Fsp3) is 0.357. The number of aliphatic carboxylic acids is 1. The summed E-state index contributed by atoms with van der Waals surface area (Å²) in [7, 11) is 1.39. The summed E-state index contributed by atoms with van der Waals surface area (Å²) >= 11 is 0. The molecule has 0 heterocycles. The van der Waals surface area contributed by atoms with E-state index in [1.54, 1.807) is 24.3 Å². The number of rotatable bonds is 7. The van der Waals surface area contributed by atoms with Crippen LogP contribution in [0, 0.1) is 0 Å². The standard InChI is InChI=1S/C14H17NO5/c1-10(16)11-4-3-5-12(8-11)15(7-6-14(18)19)13(17)9-20-2/h3-5,8H,6-7,9H2,1-2H3,(H,18,19). The predicted octanol–water partition coefficient (Wildman–Crippen LogP) is 1.34. The zero-order valence-corrected chi connectivity index (χ0v) is 11.5. The highest BCUT2D eigenvalue weighted by molar-refractivity contribution is 5.98. The number of carbonyl (C=O) groups is 3. The number of anilines is 1. The van der Waals surface area contributed by atoms with E-state index < -0.39 is 5.97 Å². The molecule has 0 atom stereocenters. The molecule has 108 valence electrons. The Balaban J connectivity index is 3.02. The smallest absolute Gasteiger partial charge is 0.305 e. The van der Waals surface area contributed by atoms with Crippen molar-refractivity contribution in [3.05, 3.63) is 29.8 Å². The van der Waals surface area contributed by atoms with Gasteiger partial charge in [-0.15, -0.1) is 0 Å². The Morgan fingerprint density at radius 2 is 2.00 bits per heavy atom. The topological polar surface area (TPSA) is 83.9 Å². The average molecular weight is 279 g/mol. The second-order valence-electron chi connectivity index (χ2n) is 4.23. The van der Waals surface area contributed by atoms with Gasteiger partial charge in [0, 0.05) is 24.9 Å². The van der Waals surface area contributed by atoms with Crippen LogP contribution in [0.15, 0.2) is 24.3 Å². The van der Waals surface area contributed by atoms with Crippen molar-refractivity contribution < 1.29 is 24.2 Å². The van der Waals surface area contributed by atoms with Gasteiger partial charge in [0.25, 0.3) is 5.91 Å². The molecule has 0 bridgehead atoms. The minimum atomic E-state index is -0.997. The molecule has 1 aromatic carbocycles. The number of ketones is 1. The van der Waals surface area contributed by atoms with Gasteiger partial charge < -0.3 is 14.7 Å². The van der Waals surface area contributed by atoms with Crippen LogP contribution in [0.2, 0.25) is 0 Å². The molecule has 1 amide bonds. The Kier molecular flexibility index (Phi) is 5.86. The average Bonchev–Trinajstić information content (AvgIpc) is 2.39. The molecule has 1 aromatic rings. The molecule has 0 aliphatic rings. The second kappa shape index (κ2) is 7.40. The van der Waals surface area contributed by atoms with Crippen LogP contribution in [-0.2, 0) is 14.3 Å². The maximum Gasteiger partial charge on any atom is 0.305 e. The summed E-state index contributed by atoms with van der Waals surface area (Å²) in [6.45, 7) is 1.31. The van der Waals surface area contributed by atoms with Gasteiger partial charge in [-0.25, -0.2) is 0 Å². The summed E-state index contributed by atoms with van der Waals surface area (Å²) in [6.07, 6.45) is -0.181. The van der Waals surface area contributed by atoms with Crippen molar-refractivity contribution in [2.24, 2.45) is 0 Å². The minimum absolute atomic E-state index is 0.0267. The number of benzene rings is 1. The number of methoxy groups -OCH3 is 1. The third kappa shape index (κ3) is 4.47. The lowest BCUT2D eigenvalue weighted by Gasteiger charge is -2.22. The molecule has 0 saturated carbocycles. The van der Waals surface area contributed by atoms with Crippen molar-refractivity contribution >= 4 is 23.3 Å². The highest BCUT2D eigenvalue weighted by Crippen LogP contribution is 2.17. The number of carboxylic acid groups (broad SMARTS) is 1. The van der Waals surface area contributed by atoms with Gasteiger partial charge in [-0.2, -0.15) is 0 Å². The van der Waals surface area contributed by atoms with Gasteiger partial charge in [-0.05, 0) is 19.1 Å². The molecular formula is C14H17NO5. The number of carboxylic acids is 1. The summed E-state index contributed by atoms with van der Waals surface area (Å²) in [4.78, 5) is 35.3. The van der Waals surface area contributed by atoms with Crippen molar-refractivity contribution in [1.29, 1.82) is 0 Å². The number of nitrogens with zero attached hydrogens (tertiary/aromatic N) is 1. The fourth-order valence-electron chi connectivity index (χ4n) is 1.70. The van der Waals surface area contributed by atoms with Crippen LogP contribution >= 0.6 is 0 Å². The molecule has 1 N–H and O–H groups in total. The van der Waals surface area contributed by atoms with Crippen molar-refractivity contribution in [2.75, 3.05) is 25.2 Å². The van der Waals surface area contributed by atoms with Gasteiger partial charge in [0.1, 0.15) is 6.61 Å². The molecule has 0 aromatic heterocycles. The number of ether oxygens (including phenoxy) is 1. The van der Waals surface area contributed by atoms with Crippen LogP contribution in [0.5, 0.6) is 0 Å². The first-order chi connectivity index (χ1) is 9.45. The first-order valence-corrected chi connectivity index (χ1v) is 6.07. The zero-order valence-electron chi connectivity index (χ0n) is 11.5. The van der Waals surface area contributed by atoms with Crippen LogP contribution in [0.1, 0.15) is 23.7 Å². The van der Waals surface area contributed by atoms with Crippen molar-refractivity contribution in [3.63, 3.8) is 0 Å². The summed E-state index contributed by atoms with van der Waals surface area (Å²) in [5, 5.41) is 8.74. The van der Waals surface area contributed by atoms with E-state index >= 15 is 0 Å². The maximum atomic E-state index is 12.0. The van der Waals surface area contributed by atoms with Gasteiger partial charge in [0.2, 0.25) is 0 Å². The van der Waals surface area contributed by atoms with E-state index in [1.165, 1.54) is 18.9 Å². The highest BCUT2D eigenvalue weighted by Gasteiger charge is 2.17. The second-order valence-corrected chi connectivity index (χ2v) is 4.23. The molecule has 0 unspecified atom stereocenters. The Bertz CT molecular complexity index is 512. The van der Waals surface area contributed by atoms with E-state index in [0.29, 0.717) is 11.3 Å². The zero-order chi connectivity index (χ0) is 15.1. The predicted molar refractivity (Wildman–Crippen MR) is 72.9 cm³/mol. The molecule has 6 heteroatoms. The van der Waals surface area contributed by atoms with E-state index in [1.807, 2.05) is 0 Å². The molecule has 0 aliphatic heterocycles. The van der Waals surface area contributed by atoms with Crippen LogP contribution in [0.3, 0.4) is 0 Å². The van der Waals surface area contributed by atoms with E-state index in [4.69, 9.17) is 9.84 Å². The summed E-state index contributed by atoms with van der Waals surface area (Å²) in [5.41, 5.74) is 0.953. The van der Waals surface area contributed by atoms with Crippen molar-refractivity contribution in [2.45, 2.75) is 13.3 Å². The number of amides is 1. The van der Waals surface area contributed by atoms with E-state index in [2.05, 4.69) is 0 Å². The first-order valence-electron chi connectivity index (χ1n) is 6.07. The Morgan fingerprint density at radius 1 is 1.30 bits per heavy atom. The van der Waals surface area contributed by atoms with Gasteiger partial charge in [0.15, 0.2) is 5.78 Å². The highest BCUT2D eigenvalue weighted by atomic mass is 16.5. The molecule has 0 radical (unpaired) electrons. The number of carbonyl (C=O) groups excluding carboxylic acids is 2. The summed E-state index contributed by atoms with van der Waals surface area (Å²) in [5.74, 6) is -1.47. The lowest BCUT2D eigenvalue weighted by molar-refractivity contribution is -0.136. The summed E-state index contributed by atoms with van der Waals surface area (Å²) < 4.78 is 4.79. The number of hydrogen-bond acceptors (Lipinski definition) is 4. The molecular weight excluding hydrogens is 262 g/mol. The molecule has 0 spiro atoms. The largest absolute Gasteiger partial charge is 0.481 e. The van der Waals surface area contributed by atoms with Gasteiger partial charge in [-0.3, -0.25) is 14.4 Å². The molecule has 1 rings (SSSR count). The van der Waals surface area contributed by atoms with Gasteiger partial charge in [0.05, 0.1) is 6.42 Å². The SMILES string of the molecule is COCC(=O)N(CCC(=O)O)c1cccc(C(C)=O)c1. The van der Waals surface area contributed by atoms with Crippen LogP contribution in [0.25, 0.3) is 0 Å². The number of Topliss-reactive ketones (excluding diaryl/α,β-unsaturated/α-hetero) is 1. The van der Waals surface area contributed by atoms with Crippen molar-refractivity contribution in [1.82, 2.24) is 0 Å². The molecule has 0 aliphatic carbocycles. The van der Waals surface area contributed by atoms with Crippen molar-refractivity contribution in [3.8, 4) is 0 Å². The van der Waals surface area contributed by atoms with Crippen LogP contribution in [0.4, 0.5) is 5.69 Å². The summed E-state index contributed by atoms with van der Waals surface area (Å²) in [6, 6.07) is 6.52. The third-order valence-electron chi connectivity index (χ3n) is 2.68. The maximum absolute atomic E-state index is 12.0. The monoisotopic (exact) mass is 279 g/mol. The first kappa shape index (κ1) is 15.8. The third-order valence-corrected chi connectivity index (χ3v) is 2.68. The fourth-order valence-corrected chi connectivity index (χ4v) is 1.70. The number of hydrogen-bond donors (Lipinski definition) is 1. The van der Waals surface area contributed by atoms with E-state index in [-0.39, 0.29) is 31.3 Å². The van der Waals surface area contributed by atoms with Crippen LogP contribution in [-0.4, -0.2) is 43.0 Å². The quantitative estimate of drug-likeness (QED) is 0.761. The lowest BCUT2D eigenvalue weighted by Crippen LogP contribution is -2.35. The Morgan fingerprint density at radius 3 is 2.55 bits per heavy atom. The van der Waals surface area contributed by atoms with Crippen LogP contribution < -0.4 is 4.90 Å². The minimum Gasteiger partial charge on any atom is -0.481 e. The normalized spacial score (nSPS) is 10.1.